The highest BCUT2D eigenvalue weighted by Gasteiger charge is 2.21. The van der Waals surface area contributed by atoms with Gasteiger partial charge in [-0.15, -0.1) is 0 Å². The number of carboxylic acids is 1. The molecule has 0 spiro atoms. The van der Waals surface area contributed by atoms with Crippen molar-refractivity contribution in [3.63, 3.8) is 0 Å². The zero-order valence-corrected chi connectivity index (χ0v) is 10.7. The quantitative estimate of drug-likeness (QED) is 0.758. The van der Waals surface area contributed by atoms with Gasteiger partial charge < -0.3 is 10.4 Å². The van der Waals surface area contributed by atoms with E-state index in [9.17, 15) is 9.59 Å². The van der Waals surface area contributed by atoms with Crippen molar-refractivity contribution < 1.29 is 14.7 Å². The number of hydrogen-bond acceptors (Lipinski definition) is 2. The van der Waals surface area contributed by atoms with Gasteiger partial charge in [0.15, 0.2) is 0 Å². The lowest BCUT2D eigenvalue weighted by atomic mass is 9.96. The SMILES string of the molecule is CCC(CNC(=O)C(C)C(=O)O)c1ccccc1. The molecule has 2 N–H and O–H groups in total. The lowest BCUT2D eigenvalue weighted by Crippen LogP contribution is -2.35. The summed E-state index contributed by atoms with van der Waals surface area (Å²) in [6.45, 7) is 3.91. The van der Waals surface area contributed by atoms with E-state index in [1.807, 2.05) is 37.3 Å². The molecule has 0 aliphatic heterocycles. The highest BCUT2D eigenvalue weighted by molar-refractivity contribution is 5.96. The summed E-state index contributed by atoms with van der Waals surface area (Å²) in [7, 11) is 0. The lowest BCUT2D eigenvalue weighted by molar-refractivity contribution is -0.146. The van der Waals surface area contributed by atoms with E-state index < -0.39 is 17.8 Å². The number of carbonyl (C=O) groups excluding carboxylic acids is 1. The number of carboxylic acid groups (broad SMARTS) is 1. The van der Waals surface area contributed by atoms with E-state index in [0.717, 1.165) is 12.0 Å². The van der Waals surface area contributed by atoms with Crippen molar-refractivity contribution in [2.24, 2.45) is 5.92 Å². The Balaban J connectivity index is 2.56. The number of hydrogen-bond donors (Lipinski definition) is 2. The van der Waals surface area contributed by atoms with Gasteiger partial charge in [0.25, 0.3) is 0 Å². The van der Waals surface area contributed by atoms with Crippen LogP contribution in [0.4, 0.5) is 0 Å². The molecule has 0 radical (unpaired) electrons. The molecule has 0 saturated carbocycles. The number of nitrogens with one attached hydrogen (secondary N) is 1. The van der Waals surface area contributed by atoms with Gasteiger partial charge in [0.05, 0.1) is 0 Å². The van der Waals surface area contributed by atoms with Crippen LogP contribution in [0.15, 0.2) is 30.3 Å². The van der Waals surface area contributed by atoms with Crippen molar-refractivity contribution >= 4 is 11.9 Å². The van der Waals surface area contributed by atoms with Gasteiger partial charge in [-0.25, -0.2) is 0 Å². The van der Waals surface area contributed by atoms with Crippen molar-refractivity contribution in [2.45, 2.75) is 26.2 Å². The maximum absolute atomic E-state index is 11.5. The predicted molar refractivity (Wildman–Crippen MR) is 69.3 cm³/mol. The molecular formula is C14H19NO3. The van der Waals surface area contributed by atoms with Crippen LogP contribution in [0, 0.1) is 5.92 Å². The topological polar surface area (TPSA) is 66.4 Å². The average Bonchev–Trinajstić information content (AvgIpc) is 2.39. The molecule has 0 saturated heterocycles. The molecule has 4 nitrogen and oxygen atoms in total. The largest absolute Gasteiger partial charge is 0.481 e. The van der Waals surface area contributed by atoms with E-state index in [-0.39, 0.29) is 5.92 Å². The third kappa shape index (κ3) is 3.87. The molecule has 1 amide bonds. The molecule has 2 atom stereocenters. The molecule has 18 heavy (non-hydrogen) atoms. The van der Waals surface area contributed by atoms with Gasteiger partial charge in [-0.3, -0.25) is 9.59 Å². The summed E-state index contributed by atoms with van der Waals surface area (Å²) >= 11 is 0. The van der Waals surface area contributed by atoms with E-state index in [0.29, 0.717) is 6.54 Å². The molecule has 0 aliphatic rings. The first-order valence-corrected chi connectivity index (χ1v) is 6.11. The second-order valence-electron chi connectivity index (χ2n) is 4.32. The lowest BCUT2D eigenvalue weighted by Gasteiger charge is -2.17. The van der Waals surface area contributed by atoms with Gasteiger partial charge in [0.1, 0.15) is 5.92 Å². The first-order chi connectivity index (χ1) is 8.56. The third-order valence-corrected chi connectivity index (χ3v) is 3.05. The van der Waals surface area contributed by atoms with Gasteiger partial charge in [-0.1, -0.05) is 37.3 Å². The Morgan fingerprint density at radius 1 is 1.28 bits per heavy atom. The first kappa shape index (κ1) is 14.2. The first-order valence-electron chi connectivity index (χ1n) is 6.11. The average molecular weight is 249 g/mol. The van der Waals surface area contributed by atoms with Crippen LogP contribution >= 0.6 is 0 Å². The Hall–Kier alpha value is -1.84. The van der Waals surface area contributed by atoms with Crippen molar-refractivity contribution in [2.75, 3.05) is 6.54 Å². The van der Waals surface area contributed by atoms with Crippen molar-refractivity contribution in [3.05, 3.63) is 35.9 Å². The zero-order valence-electron chi connectivity index (χ0n) is 10.7. The summed E-state index contributed by atoms with van der Waals surface area (Å²) in [5, 5.41) is 11.4. The maximum Gasteiger partial charge on any atom is 0.315 e. The van der Waals surface area contributed by atoms with Crippen LogP contribution in [0.1, 0.15) is 31.7 Å². The number of benzene rings is 1. The molecule has 0 fully saturated rings. The Bertz CT molecular complexity index is 403. The van der Waals surface area contributed by atoms with Crippen LogP contribution in [0.3, 0.4) is 0 Å². The van der Waals surface area contributed by atoms with Crippen LogP contribution in [0.5, 0.6) is 0 Å². The normalized spacial score (nSPS) is 13.7. The Labute approximate surface area is 107 Å². The maximum atomic E-state index is 11.5. The Kier molecular flexibility index (Phi) is 5.36. The van der Waals surface area contributed by atoms with Gasteiger partial charge in [0.2, 0.25) is 5.91 Å². The highest BCUT2D eigenvalue weighted by Crippen LogP contribution is 2.18. The van der Waals surface area contributed by atoms with Crippen LogP contribution < -0.4 is 5.32 Å². The van der Waals surface area contributed by atoms with Gasteiger partial charge >= 0.3 is 5.97 Å². The van der Waals surface area contributed by atoms with Crippen molar-refractivity contribution in [3.8, 4) is 0 Å². The van der Waals surface area contributed by atoms with Crippen LogP contribution in [-0.2, 0) is 9.59 Å². The fraction of sp³-hybridized carbons (Fsp3) is 0.429. The highest BCUT2D eigenvalue weighted by atomic mass is 16.4. The molecule has 0 heterocycles. The van der Waals surface area contributed by atoms with E-state index in [1.165, 1.54) is 6.92 Å². The summed E-state index contributed by atoms with van der Waals surface area (Å²) in [4.78, 5) is 22.2. The monoisotopic (exact) mass is 249 g/mol. The third-order valence-electron chi connectivity index (χ3n) is 3.05. The number of aliphatic carboxylic acids is 1. The van der Waals surface area contributed by atoms with E-state index in [4.69, 9.17) is 5.11 Å². The standard InChI is InChI=1S/C14H19NO3/c1-3-11(12-7-5-4-6-8-12)9-15-13(16)10(2)14(17)18/h4-8,10-11H,3,9H2,1-2H3,(H,15,16)(H,17,18). The van der Waals surface area contributed by atoms with Crippen molar-refractivity contribution in [1.82, 2.24) is 5.32 Å². The molecule has 0 aromatic heterocycles. The van der Waals surface area contributed by atoms with Crippen LogP contribution in [-0.4, -0.2) is 23.5 Å². The molecule has 1 rings (SSSR count). The summed E-state index contributed by atoms with van der Waals surface area (Å²) < 4.78 is 0. The molecule has 0 bridgehead atoms. The fourth-order valence-electron chi connectivity index (χ4n) is 1.71. The van der Waals surface area contributed by atoms with Crippen LogP contribution in [0.2, 0.25) is 0 Å². The van der Waals surface area contributed by atoms with E-state index in [1.54, 1.807) is 0 Å². The van der Waals surface area contributed by atoms with Crippen molar-refractivity contribution in [1.29, 1.82) is 0 Å². The predicted octanol–water partition coefficient (Wildman–Crippen LogP) is 2.02. The van der Waals surface area contributed by atoms with Gasteiger partial charge in [-0.05, 0) is 18.9 Å². The summed E-state index contributed by atoms with van der Waals surface area (Å²) in [6.07, 6.45) is 0.895. The molecule has 1 aromatic carbocycles. The molecule has 1 aromatic rings. The van der Waals surface area contributed by atoms with Gasteiger partial charge in [-0.2, -0.15) is 0 Å². The smallest absolute Gasteiger partial charge is 0.315 e. The summed E-state index contributed by atoms with van der Waals surface area (Å²) in [6, 6.07) is 9.89. The van der Waals surface area contributed by atoms with Gasteiger partial charge in [0, 0.05) is 12.5 Å². The van der Waals surface area contributed by atoms with E-state index >= 15 is 0 Å². The Morgan fingerprint density at radius 3 is 2.39 bits per heavy atom. The van der Waals surface area contributed by atoms with E-state index in [2.05, 4.69) is 5.32 Å². The minimum Gasteiger partial charge on any atom is -0.481 e. The minimum atomic E-state index is -1.10. The second-order valence-corrected chi connectivity index (χ2v) is 4.32. The zero-order chi connectivity index (χ0) is 13.5. The summed E-state index contributed by atoms with van der Waals surface area (Å²) in [5.41, 5.74) is 1.16. The second kappa shape index (κ2) is 6.79. The number of rotatable bonds is 6. The molecule has 0 aliphatic carbocycles. The number of carbonyl (C=O) groups is 2. The fourth-order valence-corrected chi connectivity index (χ4v) is 1.71. The van der Waals surface area contributed by atoms with Crippen LogP contribution in [0.25, 0.3) is 0 Å². The minimum absolute atomic E-state index is 0.219. The molecule has 2 unspecified atom stereocenters. The number of amides is 1. The molecule has 4 heteroatoms. The molecular weight excluding hydrogens is 230 g/mol. The Morgan fingerprint density at radius 2 is 1.89 bits per heavy atom. The summed E-state index contributed by atoms with van der Waals surface area (Å²) in [5.74, 6) is -2.31. The molecule has 98 valence electrons.